The summed E-state index contributed by atoms with van der Waals surface area (Å²) >= 11 is 0. The first-order valence-electron chi connectivity index (χ1n) is 7.10. The van der Waals surface area contributed by atoms with Gasteiger partial charge in [0.15, 0.2) is 0 Å². The molecule has 106 valence electrons. The van der Waals surface area contributed by atoms with Crippen LogP contribution in [0.2, 0.25) is 0 Å². The van der Waals surface area contributed by atoms with Crippen molar-refractivity contribution in [2.75, 3.05) is 14.2 Å². The van der Waals surface area contributed by atoms with Crippen LogP contribution in [-0.4, -0.2) is 19.3 Å². The number of aliphatic hydroxyl groups is 1. The third kappa shape index (κ3) is 2.57. The first-order valence-corrected chi connectivity index (χ1v) is 7.10. The fourth-order valence-corrected chi connectivity index (χ4v) is 3.28. The third-order valence-corrected chi connectivity index (χ3v) is 4.40. The summed E-state index contributed by atoms with van der Waals surface area (Å²) in [5, 5.41) is 11.2. The van der Waals surface area contributed by atoms with E-state index < -0.39 is 5.60 Å². The average molecular weight is 264 g/mol. The summed E-state index contributed by atoms with van der Waals surface area (Å²) in [5.74, 6) is 1.82. The van der Waals surface area contributed by atoms with Gasteiger partial charge in [0.2, 0.25) is 0 Å². The van der Waals surface area contributed by atoms with Gasteiger partial charge in [-0.05, 0) is 37.0 Å². The molecule has 1 N–H and O–H groups in total. The van der Waals surface area contributed by atoms with E-state index in [0.717, 1.165) is 42.7 Å². The number of hydrogen-bond donors (Lipinski definition) is 1. The minimum atomic E-state index is -0.785. The van der Waals surface area contributed by atoms with E-state index in [0.29, 0.717) is 5.92 Å². The Morgan fingerprint density at radius 3 is 2.68 bits per heavy atom. The van der Waals surface area contributed by atoms with Gasteiger partial charge in [-0.3, -0.25) is 0 Å². The van der Waals surface area contributed by atoms with Crippen molar-refractivity contribution in [1.29, 1.82) is 0 Å². The number of methoxy groups -OCH3 is 2. The smallest absolute Gasteiger partial charge is 0.125 e. The highest BCUT2D eigenvalue weighted by atomic mass is 16.5. The van der Waals surface area contributed by atoms with E-state index in [-0.39, 0.29) is 0 Å². The van der Waals surface area contributed by atoms with Crippen molar-refractivity contribution in [2.24, 2.45) is 5.92 Å². The minimum Gasteiger partial charge on any atom is -0.497 e. The van der Waals surface area contributed by atoms with Gasteiger partial charge in [0.05, 0.1) is 19.8 Å². The molecule has 1 saturated carbocycles. The molecule has 1 aromatic carbocycles. The fraction of sp³-hybridized carbons (Fsp3) is 0.625. The topological polar surface area (TPSA) is 38.7 Å². The van der Waals surface area contributed by atoms with Crippen LogP contribution < -0.4 is 9.47 Å². The molecule has 1 aromatic rings. The molecule has 0 amide bonds. The van der Waals surface area contributed by atoms with Gasteiger partial charge in [0.1, 0.15) is 11.5 Å². The van der Waals surface area contributed by atoms with Gasteiger partial charge < -0.3 is 14.6 Å². The van der Waals surface area contributed by atoms with Crippen LogP contribution >= 0.6 is 0 Å². The maximum Gasteiger partial charge on any atom is 0.125 e. The molecule has 0 heterocycles. The second-order valence-corrected chi connectivity index (χ2v) is 5.34. The van der Waals surface area contributed by atoms with Gasteiger partial charge in [0.25, 0.3) is 0 Å². The highest BCUT2D eigenvalue weighted by molar-refractivity contribution is 5.44. The summed E-state index contributed by atoms with van der Waals surface area (Å²) in [6.45, 7) is 2.15. The fourth-order valence-electron chi connectivity index (χ4n) is 3.28. The van der Waals surface area contributed by atoms with Crippen LogP contribution in [0.15, 0.2) is 18.2 Å². The van der Waals surface area contributed by atoms with E-state index in [4.69, 9.17) is 9.47 Å². The summed E-state index contributed by atoms with van der Waals surface area (Å²) in [4.78, 5) is 0. The first-order chi connectivity index (χ1) is 9.15. The second-order valence-electron chi connectivity index (χ2n) is 5.34. The zero-order valence-corrected chi connectivity index (χ0v) is 12.1. The van der Waals surface area contributed by atoms with Crippen LogP contribution in [0.1, 0.15) is 44.6 Å². The van der Waals surface area contributed by atoms with E-state index in [1.54, 1.807) is 14.2 Å². The first kappa shape index (κ1) is 14.2. The highest BCUT2D eigenvalue weighted by Gasteiger charge is 2.41. The van der Waals surface area contributed by atoms with Crippen molar-refractivity contribution in [1.82, 2.24) is 0 Å². The summed E-state index contributed by atoms with van der Waals surface area (Å²) in [6, 6.07) is 5.68. The molecule has 0 bridgehead atoms. The van der Waals surface area contributed by atoms with Crippen molar-refractivity contribution in [3.63, 3.8) is 0 Å². The monoisotopic (exact) mass is 264 g/mol. The Balaban J connectivity index is 2.47. The zero-order valence-electron chi connectivity index (χ0n) is 12.1. The van der Waals surface area contributed by atoms with Crippen LogP contribution in [-0.2, 0) is 5.60 Å². The van der Waals surface area contributed by atoms with Gasteiger partial charge in [-0.15, -0.1) is 0 Å². The highest BCUT2D eigenvalue weighted by Crippen LogP contribution is 2.47. The third-order valence-electron chi connectivity index (χ3n) is 4.40. The van der Waals surface area contributed by atoms with Crippen molar-refractivity contribution >= 4 is 0 Å². The number of rotatable bonds is 4. The van der Waals surface area contributed by atoms with Crippen LogP contribution in [0.3, 0.4) is 0 Å². The molecule has 0 radical (unpaired) electrons. The summed E-state index contributed by atoms with van der Waals surface area (Å²) in [5.41, 5.74) is 0.0910. The number of benzene rings is 1. The predicted octanol–water partition coefficient (Wildman–Crippen LogP) is 3.49. The molecule has 0 saturated heterocycles. The van der Waals surface area contributed by atoms with Crippen LogP contribution in [0, 0.1) is 5.92 Å². The lowest BCUT2D eigenvalue weighted by molar-refractivity contribution is -0.0573. The standard InChI is InChI=1S/C16H24O3/c1-4-12-7-5-6-10-16(12,17)14-11-13(18-2)8-9-15(14)19-3/h8-9,11-12,17H,4-7,10H2,1-3H3. The second kappa shape index (κ2) is 5.83. The number of ether oxygens (including phenoxy) is 2. The SMILES string of the molecule is CCC1CCCCC1(O)c1cc(OC)ccc1OC. The molecule has 2 atom stereocenters. The van der Waals surface area contributed by atoms with Gasteiger partial charge in [-0.1, -0.05) is 26.2 Å². The zero-order chi connectivity index (χ0) is 13.9. The molecule has 3 heteroatoms. The lowest BCUT2D eigenvalue weighted by Gasteiger charge is -2.40. The molecule has 0 aromatic heterocycles. The van der Waals surface area contributed by atoms with Gasteiger partial charge in [-0.25, -0.2) is 0 Å². The Kier molecular flexibility index (Phi) is 4.35. The van der Waals surface area contributed by atoms with Gasteiger partial charge in [-0.2, -0.15) is 0 Å². The maximum atomic E-state index is 11.2. The molecule has 0 spiro atoms. The molecule has 0 aliphatic heterocycles. The van der Waals surface area contributed by atoms with E-state index in [1.165, 1.54) is 6.42 Å². The van der Waals surface area contributed by atoms with Crippen molar-refractivity contribution < 1.29 is 14.6 Å². The van der Waals surface area contributed by atoms with Crippen molar-refractivity contribution in [3.05, 3.63) is 23.8 Å². The molecule has 19 heavy (non-hydrogen) atoms. The lowest BCUT2D eigenvalue weighted by Crippen LogP contribution is -2.38. The molecule has 3 nitrogen and oxygen atoms in total. The normalized spacial score (nSPS) is 27.1. The Morgan fingerprint density at radius 2 is 2.05 bits per heavy atom. The summed E-state index contributed by atoms with van der Waals surface area (Å²) in [7, 11) is 3.30. The van der Waals surface area contributed by atoms with Gasteiger partial charge in [0, 0.05) is 5.56 Å². The van der Waals surface area contributed by atoms with E-state index in [1.807, 2.05) is 18.2 Å². The van der Waals surface area contributed by atoms with E-state index in [9.17, 15) is 5.11 Å². The Bertz CT molecular complexity index is 430. The van der Waals surface area contributed by atoms with Gasteiger partial charge >= 0.3 is 0 Å². The molecular formula is C16H24O3. The largest absolute Gasteiger partial charge is 0.497 e. The molecule has 1 aliphatic carbocycles. The minimum absolute atomic E-state index is 0.294. The molecule has 2 unspecified atom stereocenters. The Labute approximate surface area is 115 Å². The Hall–Kier alpha value is -1.22. The van der Waals surface area contributed by atoms with E-state index >= 15 is 0 Å². The lowest BCUT2D eigenvalue weighted by atomic mass is 9.70. The summed E-state index contributed by atoms with van der Waals surface area (Å²) < 4.78 is 10.7. The van der Waals surface area contributed by atoms with Crippen LogP contribution in [0.5, 0.6) is 11.5 Å². The quantitative estimate of drug-likeness (QED) is 0.904. The summed E-state index contributed by atoms with van der Waals surface area (Å²) in [6.07, 6.45) is 5.12. The van der Waals surface area contributed by atoms with Crippen molar-refractivity contribution in [2.45, 2.75) is 44.6 Å². The number of hydrogen-bond acceptors (Lipinski definition) is 3. The average Bonchev–Trinajstić information content (AvgIpc) is 2.47. The van der Waals surface area contributed by atoms with E-state index in [2.05, 4.69) is 6.92 Å². The molecule has 1 aliphatic rings. The predicted molar refractivity (Wildman–Crippen MR) is 75.7 cm³/mol. The van der Waals surface area contributed by atoms with Crippen LogP contribution in [0.4, 0.5) is 0 Å². The molecule has 1 fully saturated rings. The molecule has 2 rings (SSSR count). The maximum absolute atomic E-state index is 11.2. The Morgan fingerprint density at radius 1 is 1.26 bits per heavy atom. The van der Waals surface area contributed by atoms with Crippen LogP contribution in [0.25, 0.3) is 0 Å². The molecular weight excluding hydrogens is 240 g/mol. The van der Waals surface area contributed by atoms with Crippen molar-refractivity contribution in [3.8, 4) is 11.5 Å².